The molecule has 1 aliphatic rings. The van der Waals surface area contributed by atoms with E-state index in [0.717, 1.165) is 12.0 Å². The van der Waals surface area contributed by atoms with Crippen LogP contribution in [0.4, 0.5) is 13.2 Å². The maximum atomic E-state index is 12.8. The monoisotopic (exact) mass is 470 g/mol. The minimum Gasteiger partial charge on any atom is -0.492 e. The molecule has 0 unspecified atom stereocenters. The molecule has 33 heavy (non-hydrogen) atoms. The zero-order valence-corrected chi connectivity index (χ0v) is 18.9. The molecule has 0 aromatic carbocycles. The second-order valence-electron chi connectivity index (χ2n) is 8.10. The molecule has 2 aromatic rings. The van der Waals surface area contributed by atoms with Crippen molar-refractivity contribution in [3.63, 3.8) is 0 Å². The fraction of sp³-hybridized carbons (Fsp3) is 0.591. The summed E-state index contributed by atoms with van der Waals surface area (Å²) in [6, 6.07) is 1.29. The van der Waals surface area contributed by atoms with Crippen molar-refractivity contribution in [2.45, 2.75) is 44.8 Å². The number of esters is 1. The Hall–Kier alpha value is -2.82. The minimum atomic E-state index is -4.19. The van der Waals surface area contributed by atoms with E-state index in [1.54, 1.807) is 10.9 Å². The third-order valence-corrected chi connectivity index (χ3v) is 5.64. The number of ether oxygens (including phenoxy) is 2. The van der Waals surface area contributed by atoms with Crippen molar-refractivity contribution in [2.75, 3.05) is 33.4 Å². The van der Waals surface area contributed by atoms with Crippen molar-refractivity contribution < 1.29 is 27.4 Å². The smallest absolute Gasteiger partial charge is 0.389 e. The number of carbonyl (C=O) groups excluding carboxylic acids is 1. The summed E-state index contributed by atoms with van der Waals surface area (Å²) >= 11 is 0. The van der Waals surface area contributed by atoms with E-state index < -0.39 is 18.6 Å². The van der Waals surface area contributed by atoms with Crippen molar-refractivity contribution in [3.05, 3.63) is 45.6 Å². The normalized spacial score (nSPS) is 14.6. The van der Waals surface area contributed by atoms with Gasteiger partial charge in [-0.15, -0.1) is 0 Å². The van der Waals surface area contributed by atoms with Crippen LogP contribution in [0.15, 0.2) is 23.3 Å². The summed E-state index contributed by atoms with van der Waals surface area (Å²) in [4.78, 5) is 27.2. The van der Waals surface area contributed by atoms with Crippen molar-refractivity contribution in [1.29, 1.82) is 0 Å². The molecule has 0 N–H and O–H groups in total. The number of hydrogen-bond acceptors (Lipinski definition) is 6. The molecule has 0 aliphatic carbocycles. The molecule has 2 aromatic heterocycles. The Kier molecular flexibility index (Phi) is 8.17. The molecule has 3 rings (SSSR count). The van der Waals surface area contributed by atoms with Gasteiger partial charge in [0.1, 0.15) is 11.3 Å². The number of carbonyl (C=O) groups is 1. The van der Waals surface area contributed by atoms with Crippen LogP contribution >= 0.6 is 0 Å². The van der Waals surface area contributed by atoms with Crippen molar-refractivity contribution in [1.82, 2.24) is 19.2 Å². The highest BCUT2D eigenvalue weighted by Gasteiger charge is 2.28. The maximum absolute atomic E-state index is 12.8. The number of rotatable bonds is 9. The number of methoxy groups -OCH3 is 1. The predicted molar refractivity (Wildman–Crippen MR) is 114 cm³/mol. The SMILES string of the molecule is COC(=O)c1c(OCCCc2cnn(C)c2)cc(=O)n2c1CCN(CCCC(F)(F)F)CC2. The van der Waals surface area contributed by atoms with E-state index in [1.165, 1.54) is 17.7 Å². The average Bonchev–Trinajstić information content (AvgIpc) is 3.04. The predicted octanol–water partition coefficient (Wildman–Crippen LogP) is 2.58. The Balaban J connectivity index is 1.71. The lowest BCUT2D eigenvalue weighted by Crippen LogP contribution is -2.30. The number of pyridine rings is 1. The number of aryl methyl sites for hydroxylation is 2. The average molecular weight is 470 g/mol. The highest BCUT2D eigenvalue weighted by molar-refractivity contribution is 5.93. The molecule has 0 amide bonds. The van der Waals surface area contributed by atoms with Crippen LogP contribution in [0.3, 0.4) is 0 Å². The van der Waals surface area contributed by atoms with Crippen LogP contribution in [-0.2, 0) is 31.2 Å². The van der Waals surface area contributed by atoms with E-state index in [1.807, 2.05) is 18.1 Å². The number of halogens is 3. The van der Waals surface area contributed by atoms with Gasteiger partial charge in [-0.1, -0.05) is 0 Å². The molecular weight excluding hydrogens is 441 g/mol. The molecule has 3 heterocycles. The second-order valence-corrected chi connectivity index (χ2v) is 8.10. The summed E-state index contributed by atoms with van der Waals surface area (Å²) in [7, 11) is 3.10. The van der Waals surface area contributed by atoms with E-state index in [2.05, 4.69) is 5.10 Å². The minimum absolute atomic E-state index is 0.0100. The first-order chi connectivity index (χ1) is 15.7. The molecule has 8 nitrogen and oxygen atoms in total. The first-order valence-corrected chi connectivity index (χ1v) is 10.9. The molecule has 1 aliphatic heterocycles. The van der Waals surface area contributed by atoms with Crippen LogP contribution in [0, 0.1) is 0 Å². The Bertz CT molecular complexity index is 1020. The fourth-order valence-electron chi connectivity index (χ4n) is 4.02. The Morgan fingerprint density at radius 1 is 1.21 bits per heavy atom. The van der Waals surface area contributed by atoms with Gasteiger partial charge in [0.2, 0.25) is 0 Å². The van der Waals surface area contributed by atoms with Crippen molar-refractivity contribution >= 4 is 5.97 Å². The third-order valence-electron chi connectivity index (χ3n) is 5.64. The van der Waals surface area contributed by atoms with Gasteiger partial charge < -0.3 is 18.9 Å². The highest BCUT2D eigenvalue weighted by atomic mass is 19.4. The second kappa shape index (κ2) is 10.9. The maximum Gasteiger partial charge on any atom is 0.389 e. The Morgan fingerprint density at radius 2 is 2.00 bits per heavy atom. The number of nitrogens with zero attached hydrogens (tertiary/aromatic N) is 4. The lowest BCUT2D eigenvalue weighted by molar-refractivity contribution is -0.136. The first kappa shape index (κ1) is 24.8. The van der Waals surface area contributed by atoms with Crippen molar-refractivity contribution in [2.24, 2.45) is 7.05 Å². The quantitative estimate of drug-likeness (QED) is 0.414. The largest absolute Gasteiger partial charge is 0.492 e. The molecular formula is C22H29F3N4O4. The number of fused-ring (bicyclic) bond motifs is 1. The van der Waals surface area contributed by atoms with Gasteiger partial charge >= 0.3 is 12.1 Å². The zero-order valence-electron chi connectivity index (χ0n) is 18.9. The summed E-state index contributed by atoms with van der Waals surface area (Å²) in [5, 5.41) is 4.12. The molecule has 0 radical (unpaired) electrons. The summed E-state index contributed by atoms with van der Waals surface area (Å²) in [5.41, 5.74) is 1.45. The number of aromatic nitrogens is 3. The Labute approximate surface area is 189 Å². The standard InChI is InChI=1S/C22H29F3N4O4/c1-27-15-16(14-26-27)5-3-12-33-18-13-19(30)29-11-10-28(8-4-7-22(23,24)25)9-6-17(29)20(18)21(31)32-2/h13-15H,3-12H2,1-2H3. The van der Waals surface area contributed by atoms with Crippen LogP contribution in [0.2, 0.25) is 0 Å². The number of alkyl halides is 3. The van der Waals surface area contributed by atoms with Gasteiger partial charge in [0, 0.05) is 57.5 Å². The molecule has 182 valence electrons. The zero-order chi connectivity index (χ0) is 24.0. The van der Waals surface area contributed by atoms with E-state index in [9.17, 15) is 22.8 Å². The lowest BCUT2D eigenvalue weighted by atomic mass is 10.1. The van der Waals surface area contributed by atoms with Gasteiger partial charge in [-0.3, -0.25) is 9.48 Å². The van der Waals surface area contributed by atoms with E-state index in [4.69, 9.17) is 9.47 Å². The molecule has 0 spiro atoms. The third kappa shape index (κ3) is 6.83. The van der Waals surface area contributed by atoms with E-state index >= 15 is 0 Å². The summed E-state index contributed by atoms with van der Waals surface area (Å²) in [6.45, 7) is 1.72. The number of hydrogen-bond donors (Lipinski definition) is 0. The molecule has 0 saturated carbocycles. The molecule has 11 heteroatoms. The summed E-state index contributed by atoms with van der Waals surface area (Å²) < 4.78 is 51.4. The van der Waals surface area contributed by atoms with Gasteiger partial charge in [-0.05, 0) is 31.4 Å². The van der Waals surface area contributed by atoms with E-state index in [0.29, 0.717) is 38.2 Å². The van der Waals surface area contributed by atoms with Gasteiger partial charge in [-0.2, -0.15) is 18.3 Å². The fourth-order valence-corrected chi connectivity index (χ4v) is 4.02. The summed E-state index contributed by atoms with van der Waals surface area (Å²) in [5.74, 6) is -0.429. The molecule has 0 bridgehead atoms. The van der Waals surface area contributed by atoms with E-state index in [-0.39, 0.29) is 36.4 Å². The van der Waals surface area contributed by atoms with Gasteiger partial charge in [0.15, 0.2) is 0 Å². The molecule has 0 saturated heterocycles. The Morgan fingerprint density at radius 3 is 2.67 bits per heavy atom. The van der Waals surface area contributed by atoms with Crippen molar-refractivity contribution in [3.8, 4) is 5.75 Å². The molecule has 0 fully saturated rings. The first-order valence-electron chi connectivity index (χ1n) is 10.9. The summed E-state index contributed by atoms with van der Waals surface area (Å²) in [6.07, 6.45) is 0.372. The highest BCUT2D eigenvalue weighted by Crippen LogP contribution is 2.25. The van der Waals surface area contributed by atoms with Gasteiger partial charge in [-0.25, -0.2) is 4.79 Å². The van der Waals surface area contributed by atoms with Crippen LogP contribution < -0.4 is 10.3 Å². The van der Waals surface area contributed by atoms with Crippen LogP contribution in [0.5, 0.6) is 5.75 Å². The van der Waals surface area contributed by atoms with Gasteiger partial charge in [0.05, 0.1) is 19.9 Å². The van der Waals surface area contributed by atoms with Crippen LogP contribution in [-0.4, -0.2) is 64.7 Å². The van der Waals surface area contributed by atoms with Gasteiger partial charge in [0.25, 0.3) is 5.56 Å². The van der Waals surface area contributed by atoms with Crippen LogP contribution in [0.25, 0.3) is 0 Å². The lowest BCUT2D eigenvalue weighted by Gasteiger charge is -2.19. The molecule has 0 atom stereocenters. The van der Waals surface area contributed by atoms with Crippen LogP contribution in [0.1, 0.15) is 40.9 Å². The topological polar surface area (TPSA) is 78.6 Å².